The van der Waals surface area contributed by atoms with Gasteiger partial charge < -0.3 is 10.6 Å². The monoisotopic (exact) mass is 142 g/mol. The largest absolute Gasteiger partial charge is 0.309 e. The molecule has 2 nitrogen and oxygen atoms in total. The van der Waals surface area contributed by atoms with Gasteiger partial charge in [0.2, 0.25) is 0 Å². The third kappa shape index (κ3) is 1.50. The van der Waals surface area contributed by atoms with Crippen LogP contribution in [0, 0.1) is 0 Å². The molecule has 0 spiro atoms. The first kappa shape index (κ1) is 8.02. The maximum atomic E-state index is 3.52. The molecule has 10 heavy (non-hydrogen) atoms. The topological polar surface area (TPSA) is 24.1 Å². The van der Waals surface area contributed by atoms with Crippen molar-refractivity contribution in [1.82, 2.24) is 10.6 Å². The molecule has 0 saturated carbocycles. The second-order valence-corrected chi connectivity index (χ2v) is 3.49. The molecule has 0 aromatic carbocycles. The summed E-state index contributed by atoms with van der Waals surface area (Å²) in [6.45, 7) is 8.89. The normalized spacial score (nSPS) is 49.2. The van der Waals surface area contributed by atoms with E-state index in [-0.39, 0.29) is 0 Å². The highest BCUT2D eigenvalue weighted by Gasteiger charge is 2.25. The minimum absolute atomic E-state index is 0.603. The smallest absolute Gasteiger partial charge is 0.0193 e. The van der Waals surface area contributed by atoms with Crippen molar-refractivity contribution in [3.05, 3.63) is 0 Å². The summed E-state index contributed by atoms with van der Waals surface area (Å²) < 4.78 is 0. The van der Waals surface area contributed by atoms with Crippen LogP contribution >= 0.6 is 0 Å². The van der Waals surface area contributed by atoms with E-state index in [1.165, 1.54) is 0 Å². The third-order valence-corrected chi connectivity index (χ3v) is 2.55. The van der Waals surface area contributed by atoms with Gasteiger partial charge in [-0.3, -0.25) is 0 Å². The predicted octanol–water partition coefficient (Wildman–Crippen LogP) is 0.733. The lowest BCUT2D eigenvalue weighted by atomic mass is 10.0. The van der Waals surface area contributed by atoms with Crippen molar-refractivity contribution >= 4 is 0 Å². The quantitative estimate of drug-likeness (QED) is 0.521. The Morgan fingerprint density at radius 1 is 0.600 bits per heavy atom. The lowest BCUT2D eigenvalue weighted by Gasteiger charge is -2.38. The van der Waals surface area contributed by atoms with Gasteiger partial charge in [-0.05, 0) is 27.7 Å². The van der Waals surface area contributed by atoms with E-state index >= 15 is 0 Å². The zero-order chi connectivity index (χ0) is 7.72. The summed E-state index contributed by atoms with van der Waals surface area (Å²) in [6, 6.07) is 2.41. The van der Waals surface area contributed by atoms with E-state index in [1.807, 2.05) is 0 Å². The van der Waals surface area contributed by atoms with Gasteiger partial charge in [0.1, 0.15) is 0 Å². The highest BCUT2D eigenvalue weighted by molar-refractivity contribution is 4.89. The average Bonchev–Trinajstić information content (AvgIpc) is 1.84. The van der Waals surface area contributed by atoms with Gasteiger partial charge in [0.15, 0.2) is 0 Å². The molecule has 1 aliphatic heterocycles. The molecule has 1 fully saturated rings. The van der Waals surface area contributed by atoms with Crippen LogP contribution in [0.4, 0.5) is 0 Å². The van der Waals surface area contributed by atoms with Crippen LogP contribution in [0.1, 0.15) is 27.7 Å². The molecular weight excluding hydrogens is 124 g/mol. The molecule has 0 amide bonds. The van der Waals surface area contributed by atoms with Crippen LogP contribution in [0.25, 0.3) is 0 Å². The highest BCUT2D eigenvalue weighted by Crippen LogP contribution is 2.05. The summed E-state index contributed by atoms with van der Waals surface area (Å²) in [5.41, 5.74) is 0. The molecule has 1 saturated heterocycles. The van der Waals surface area contributed by atoms with Crippen LogP contribution < -0.4 is 10.6 Å². The molecule has 0 aromatic rings. The molecule has 2 N–H and O–H groups in total. The van der Waals surface area contributed by atoms with E-state index in [4.69, 9.17) is 0 Å². The van der Waals surface area contributed by atoms with Gasteiger partial charge in [-0.25, -0.2) is 0 Å². The van der Waals surface area contributed by atoms with Crippen molar-refractivity contribution in [2.75, 3.05) is 0 Å². The second kappa shape index (κ2) is 2.89. The number of nitrogens with one attached hydrogen (secondary N) is 2. The summed E-state index contributed by atoms with van der Waals surface area (Å²) in [5.74, 6) is 0. The van der Waals surface area contributed by atoms with Crippen molar-refractivity contribution in [3.8, 4) is 0 Å². The first-order valence-corrected chi connectivity index (χ1v) is 4.13. The molecule has 1 aliphatic rings. The first-order chi connectivity index (χ1) is 4.61. The van der Waals surface area contributed by atoms with E-state index in [0.29, 0.717) is 24.2 Å². The molecule has 0 radical (unpaired) electrons. The number of rotatable bonds is 0. The van der Waals surface area contributed by atoms with E-state index in [2.05, 4.69) is 38.3 Å². The van der Waals surface area contributed by atoms with E-state index in [0.717, 1.165) is 0 Å². The van der Waals surface area contributed by atoms with Crippen LogP contribution in [-0.2, 0) is 0 Å². The lowest BCUT2D eigenvalue weighted by Crippen LogP contribution is -2.62. The van der Waals surface area contributed by atoms with Crippen LogP contribution in [0.15, 0.2) is 0 Å². The standard InChI is InChI=1S/C8H18N2/c1-5-6(2)10-8(4)7(3)9-5/h5-10H,1-4H3/t5-,6-,7-,8-/m0/s1. The molecule has 0 aliphatic carbocycles. The molecule has 60 valence electrons. The fourth-order valence-electron chi connectivity index (χ4n) is 1.41. The third-order valence-electron chi connectivity index (χ3n) is 2.55. The maximum Gasteiger partial charge on any atom is 0.0193 e. The van der Waals surface area contributed by atoms with Crippen molar-refractivity contribution in [2.45, 2.75) is 51.9 Å². The first-order valence-electron chi connectivity index (χ1n) is 4.13. The molecule has 0 bridgehead atoms. The predicted molar refractivity (Wildman–Crippen MR) is 44.1 cm³/mol. The minimum atomic E-state index is 0.603. The van der Waals surface area contributed by atoms with Gasteiger partial charge >= 0.3 is 0 Å². The molecule has 1 rings (SSSR count). The van der Waals surface area contributed by atoms with Crippen LogP contribution in [0.5, 0.6) is 0 Å². The zero-order valence-corrected chi connectivity index (χ0v) is 7.31. The van der Waals surface area contributed by atoms with Gasteiger partial charge in [0.25, 0.3) is 0 Å². The molecule has 2 heteroatoms. The Kier molecular flexibility index (Phi) is 2.32. The fourth-order valence-corrected chi connectivity index (χ4v) is 1.41. The van der Waals surface area contributed by atoms with Gasteiger partial charge in [-0.2, -0.15) is 0 Å². The van der Waals surface area contributed by atoms with Gasteiger partial charge in [-0.1, -0.05) is 0 Å². The Bertz CT molecular complexity index is 87.8. The molecular formula is C8H18N2. The molecule has 4 atom stereocenters. The minimum Gasteiger partial charge on any atom is -0.309 e. The molecule has 1 heterocycles. The summed E-state index contributed by atoms with van der Waals surface area (Å²) in [5, 5.41) is 7.03. The zero-order valence-electron chi connectivity index (χ0n) is 7.31. The van der Waals surface area contributed by atoms with Crippen LogP contribution in [-0.4, -0.2) is 24.2 Å². The van der Waals surface area contributed by atoms with Crippen molar-refractivity contribution in [3.63, 3.8) is 0 Å². The maximum absolute atomic E-state index is 3.52. The van der Waals surface area contributed by atoms with Crippen molar-refractivity contribution < 1.29 is 0 Å². The number of piperazine rings is 1. The Balaban J connectivity index is 2.46. The average molecular weight is 142 g/mol. The fraction of sp³-hybridized carbons (Fsp3) is 1.00. The second-order valence-electron chi connectivity index (χ2n) is 3.49. The van der Waals surface area contributed by atoms with E-state index in [1.54, 1.807) is 0 Å². The molecule has 0 aromatic heterocycles. The summed E-state index contributed by atoms with van der Waals surface area (Å²) in [4.78, 5) is 0. The number of hydrogen-bond donors (Lipinski definition) is 2. The summed E-state index contributed by atoms with van der Waals surface area (Å²) in [6.07, 6.45) is 0. The van der Waals surface area contributed by atoms with E-state index in [9.17, 15) is 0 Å². The Hall–Kier alpha value is -0.0800. The highest BCUT2D eigenvalue weighted by atomic mass is 15.1. The van der Waals surface area contributed by atoms with Crippen LogP contribution in [0.3, 0.4) is 0 Å². The lowest BCUT2D eigenvalue weighted by molar-refractivity contribution is 0.250. The van der Waals surface area contributed by atoms with E-state index < -0.39 is 0 Å². The Labute approximate surface area is 63.4 Å². The van der Waals surface area contributed by atoms with Crippen LogP contribution in [0.2, 0.25) is 0 Å². The van der Waals surface area contributed by atoms with Crippen molar-refractivity contribution in [1.29, 1.82) is 0 Å². The summed E-state index contributed by atoms with van der Waals surface area (Å²) in [7, 11) is 0. The SMILES string of the molecule is C[C@@H]1N[C@@H](C)[C@H](C)N[C@H]1C. The van der Waals surface area contributed by atoms with Gasteiger partial charge in [-0.15, -0.1) is 0 Å². The van der Waals surface area contributed by atoms with Gasteiger partial charge in [0, 0.05) is 24.2 Å². The van der Waals surface area contributed by atoms with Gasteiger partial charge in [0.05, 0.1) is 0 Å². The Morgan fingerprint density at radius 2 is 0.800 bits per heavy atom. The molecule has 0 unspecified atom stereocenters. The van der Waals surface area contributed by atoms with Crippen molar-refractivity contribution in [2.24, 2.45) is 0 Å². The summed E-state index contributed by atoms with van der Waals surface area (Å²) >= 11 is 0. The number of hydrogen-bond acceptors (Lipinski definition) is 2. The Morgan fingerprint density at radius 3 is 1.00 bits per heavy atom.